The Morgan fingerprint density at radius 1 is 1.00 bits per heavy atom. The first-order valence-electron chi connectivity index (χ1n) is 4.12. The summed E-state index contributed by atoms with van der Waals surface area (Å²) < 4.78 is 21.0. The van der Waals surface area contributed by atoms with Gasteiger partial charge >= 0.3 is 0 Å². The van der Waals surface area contributed by atoms with Crippen LogP contribution in [0.3, 0.4) is 0 Å². The SMILES string of the molecule is NS(=O)(=O)CCCCCCCCl. The van der Waals surface area contributed by atoms with Crippen LogP contribution in [0.5, 0.6) is 0 Å². The lowest BCUT2D eigenvalue weighted by Crippen LogP contribution is -2.16. The summed E-state index contributed by atoms with van der Waals surface area (Å²) in [6, 6.07) is 0. The van der Waals surface area contributed by atoms with Crippen LogP contribution < -0.4 is 5.14 Å². The average Bonchev–Trinajstić information content (AvgIpc) is 1.94. The molecule has 0 aliphatic heterocycles. The fraction of sp³-hybridized carbons (Fsp3) is 1.00. The van der Waals surface area contributed by atoms with Crippen molar-refractivity contribution in [2.24, 2.45) is 5.14 Å². The smallest absolute Gasteiger partial charge is 0.209 e. The zero-order valence-electron chi connectivity index (χ0n) is 7.13. The molecule has 0 saturated carbocycles. The molecule has 0 amide bonds. The van der Waals surface area contributed by atoms with E-state index in [-0.39, 0.29) is 5.75 Å². The number of hydrogen-bond donors (Lipinski definition) is 1. The van der Waals surface area contributed by atoms with Crippen molar-refractivity contribution in [2.45, 2.75) is 32.1 Å². The standard InChI is InChI=1S/C7H16ClNO2S/c8-6-4-2-1-3-5-7-12(9,10)11/h1-7H2,(H2,9,10,11). The highest BCUT2D eigenvalue weighted by Gasteiger charge is 2.00. The lowest BCUT2D eigenvalue weighted by molar-refractivity contribution is 0.588. The van der Waals surface area contributed by atoms with Gasteiger partial charge in [0, 0.05) is 5.88 Å². The second-order valence-corrected chi connectivity index (χ2v) is 4.94. The molecule has 0 bridgehead atoms. The maximum atomic E-state index is 10.5. The number of primary sulfonamides is 1. The van der Waals surface area contributed by atoms with Gasteiger partial charge < -0.3 is 0 Å². The predicted octanol–water partition coefficient (Wildman–Crippen LogP) is 1.46. The van der Waals surface area contributed by atoms with Crippen molar-refractivity contribution in [3.63, 3.8) is 0 Å². The third-order valence-corrected chi connectivity index (χ3v) is 2.69. The first-order valence-corrected chi connectivity index (χ1v) is 6.37. The van der Waals surface area contributed by atoms with Crippen molar-refractivity contribution >= 4 is 21.6 Å². The molecule has 0 aromatic rings. The highest BCUT2D eigenvalue weighted by Crippen LogP contribution is 2.04. The molecule has 0 aromatic heterocycles. The van der Waals surface area contributed by atoms with E-state index in [2.05, 4.69) is 0 Å². The molecule has 0 aliphatic carbocycles. The second-order valence-electron chi connectivity index (χ2n) is 2.82. The summed E-state index contributed by atoms with van der Waals surface area (Å²) in [5.74, 6) is 0.795. The zero-order valence-corrected chi connectivity index (χ0v) is 8.70. The van der Waals surface area contributed by atoms with Gasteiger partial charge in [0.1, 0.15) is 0 Å². The highest BCUT2D eigenvalue weighted by molar-refractivity contribution is 7.89. The van der Waals surface area contributed by atoms with Crippen molar-refractivity contribution < 1.29 is 8.42 Å². The molecule has 0 rings (SSSR count). The molecule has 0 aliphatic rings. The maximum absolute atomic E-state index is 10.5. The molecule has 0 fully saturated rings. The Bertz CT molecular complexity index is 192. The van der Waals surface area contributed by atoms with E-state index in [9.17, 15) is 8.42 Å². The fourth-order valence-electron chi connectivity index (χ4n) is 0.928. The first-order chi connectivity index (χ1) is 5.56. The van der Waals surface area contributed by atoms with Crippen molar-refractivity contribution in [1.82, 2.24) is 0 Å². The average molecular weight is 214 g/mol. The molecular formula is C7H16ClNO2S. The molecule has 2 N–H and O–H groups in total. The third-order valence-electron chi connectivity index (χ3n) is 1.56. The van der Waals surface area contributed by atoms with E-state index < -0.39 is 10.0 Å². The first kappa shape index (κ1) is 12.2. The number of alkyl halides is 1. The van der Waals surface area contributed by atoms with Gasteiger partial charge in [-0.15, -0.1) is 11.6 Å². The van der Waals surface area contributed by atoms with Crippen LogP contribution in [0, 0.1) is 0 Å². The Morgan fingerprint density at radius 2 is 1.50 bits per heavy atom. The van der Waals surface area contributed by atoms with E-state index in [0.29, 0.717) is 12.3 Å². The van der Waals surface area contributed by atoms with Crippen molar-refractivity contribution in [2.75, 3.05) is 11.6 Å². The second kappa shape index (κ2) is 6.69. The van der Waals surface area contributed by atoms with Crippen molar-refractivity contribution in [3.8, 4) is 0 Å². The zero-order chi connectivity index (χ0) is 9.45. The van der Waals surface area contributed by atoms with Crippen LogP contribution in [0.15, 0.2) is 0 Å². The normalized spacial score (nSPS) is 11.8. The summed E-state index contributed by atoms with van der Waals surface area (Å²) in [6.07, 6.45) is 4.72. The van der Waals surface area contributed by atoms with Gasteiger partial charge in [0.05, 0.1) is 5.75 Å². The summed E-state index contributed by atoms with van der Waals surface area (Å²) >= 11 is 5.47. The Hall–Kier alpha value is 0.200. The highest BCUT2D eigenvalue weighted by atomic mass is 35.5. The van der Waals surface area contributed by atoms with Gasteiger partial charge in [0.15, 0.2) is 0 Å². The van der Waals surface area contributed by atoms with Gasteiger partial charge in [-0.1, -0.05) is 19.3 Å². The number of nitrogens with two attached hydrogens (primary N) is 1. The van der Waals surface area contributed by atoms with E-state index >= 15 is 0 Å². The monoisotopic (exact) mass is 213 g/mol. The summed E-state index contributed by atoms with van der Waals surface area (Å²) in [7, 11) is -3.24. The van der Waals surface area contributed by atoms with Crippen LogP contribution in [0.1, 0.15) is 32.1 Å². The number of sulfonamides is 1. The molecule has 12 heavy (non-hydrogen) atoms. The predicted molar refractivity (Wildman–Crippen MR) is 51.8 cm³/mol. The van der Waals surface area contributed by atoms with Gasteiger partial charge in [-0.05, 0) is 12.8 Å². The van der Waals surface area contributed by atoms with E-state index in [1.807, 2.05) is 0 Å². The molecule has 0 saturated heterocycles. The molecule has 0 atom stereocenters. The number of hydrogen-bond acceptors (Lipinski definition) is 2. The van der Waals surface area contributed by atoms with Gasteiger partial charge in [-0.2, -0.15) is 0 Å². The van der Waals surface area contributed by atoms with E-state index in [1.165, 1.54) is 0 Å². The van der Waals surface area contributed by atoms with E-state index in [0.717, 1.165) is 25.7 Å². The minimum absolute atomic E-state index is 0.105. The van der Waals surface area contributed by atoms with Crippen LogP contribution in [0.4, 0.5) is 0 Å². The molecule has 74 valence electrons. The van der Waals surface area contributed by atoms with Crippen molar-refractivity contribution in [3.05, 3.63) is 0 Å². The fourth-order valence-corrected chi connectivity index (χ4v) is 1.72. The largest absolute Gasteiger partial charge is 0.229 e. The van der Waals surface area contributed by atoms with Gasteiger partial charge in [0.2, 0.25) is 10.0 Å². The lowest BCUT2D eigenvalue weighted by atomic mass is 10.2. The van der Waals surface area contributed by atoms with Crippen molar-refractivity contribution in [1.29, 1.82) is 0 Å². The third kappa shape index (κ3) is 10.2. The number of rotatable bonds is 7. The quantitative estimate of drug-likeness (QED) is 0.514. The molecule has 0 heterocycles. The van der Waals surface area contributed by atoms with Crippen LogP contribution in [0.2, 0.25) is 0 Å². The van der Waals surface area contributed by atoms with Crippen LogP contribution in [-0.4, -0.2) is 20.1 Å². The Labute approximate surface area is 79.3 Å². The topological polar surface area (TPSA) is 60.2 Å². The summed E-state index contributed by atoms with van der Waals surface area (Å²) in [6.45, 7) is 0. The Balaban J connectivity index is 3.12. The Morgan fingerprint density at radius 3 is 2.00 bits per heavy atom. The summed E-state index contributed by atoms with van der Waals surface area (Å²) in [5.41, 5.74) is 0. The minimum atomic E-state index is -3.24. The number of unbranched alkanes of at least 4 members (excludes halogenated alkanes) is 4. The van der Waals surface area contributed by atoms with E-state index in [1.54, 1.807) is 0 Å². The molecule has 0 unspecified atom stereocenters. The summed E-state index contributed by atoms with van der Waals surface area (Å²) in [4.78, 5) is 0. The lowest BCUT2D eigenvalue weighted by Gasteiger charge is -1.98. The Kier molecular flexibility index (Phi) is 6.80. The molecule has 0 radical (unpaired) electrons. The molecule has 0 spiro atoms. The van der Waals surface area contributed by atoms with Gasteiger partial charge in [-0.3, -0.25) is 0 Å². The molecule has 3 nitrogen and oxygen atoms in total. The minimum Gasteiger partial charge on any atom is -0.229 e. The summed E-state index contributed by atoms with van der Waals surface area (Å²) in [5, 5.41) is 4.83. The maximum Gasteiger partial charge on any atom is 0.209 e. The van der Waals surface area contributed by atoms with E-state index in [4.69, 9.17) is 16.7 Å². The molecular weight excluding hydrogens is 198 g/mol. The van der Waals surface area contributed by atoms with Crippen LogP contribution in [-0.2, 0) is 10.0 Å². The van der Waals surface area contributed by atoms with Gasteiger partial charge in [-0.25, -0.2) is 13.6 Å². The molecule has 0 aromatic carbocycles. The van der Waals surface area contributed by atoms with Crippen LogP contribution in [0.25, 0.3) is 0 Å². The molecule has 5 heteroatoms. The van der Waals surface area contributed by atoms with Crippen LogP contribution >= 0.6 is 11.6 Å². The van der Waals surface area contributed by atoms with Gasteiger partial charge in [0.25, 0.3) is 0 Å². The number of halogens is 1.